The van der Waals surface area contributed by atoms with Gasteiger partial charge >= 0.3 is 0 Å². The van der Waals surface area contributed by atoms with Crippen LogP contribution in [0.15, 0.2) is 34.4 Å². The maximum Gasteiger partial charge on any atom is 0.240 e. The summed E-state index contributed by atoms with van der Waals surface area (Å²) in [6.07, 6.45) is 1.51. The number of carbonyl (C=O) groups excluding carboxylic acids is 1. The molecule has 0 unspecified atom stereocenters. The number of allylic oxidation sites excluding steroid dienone is 1. The Labute approximate surface area is 169 Å². The molecule has 0 amide bonds. The van der Waals surface area contributed by atoms with Crippen LogP contribution in [0.4, 0.5) is 0 Å². The molecule has 0 bridgehead atoms. The standard InChI is InChI=1S/C19H25BrN4O2Si/c1-23(2)12-14(11-21)18(25)19-22-16-10-15(20)6-7-17(16)24(19)13-26-8-9-27(3,4)5/h6-7,10,12H,8-9,13H2,1-5H3. The lowest BCUT2D eigenvalue weighted by atomic mass is 10.2. The zero-order valence-electron chi connectivity index (χ0n) is 16.4. The number of nitrogens with zero attached hydrogens (tertiary/aromatic N) is 4. The van der Waals surface area contributed by atoms with Crippen molar-refractivity contribution in [2.45, 2.75) is 32.4 Å². The lowest BCUT2D eigenvalue weighted by molar-refractivity contribution is 0.0834. The Hall–Kier alpha value is -1.95. The number of carbonyl (C=O) groups is 1. The molecule has 144 valence electrons. The highest BCUT2D eigenvalue weighted by molar-refractivity contribution is 9.10. The second-order valence-electron chi connectivity index (χ2n) is 7.79. The molecule has 0 spiro atoms. The van der Waals surface area contributed by atoms with E-state index >= 15 is 0 Å². The van der Waals surface area contributed by atoms with Gasteiger partial charge in [0.05, 0.1) is 11.0 Å². The van der Waals surface area contributed by atoms with Crippen molar-refractivity contribution in [2.75, 3.05) is 20.7 Å². The maximum atomic E-state index is 12.9. The molecule has 0 atom stereocenters. The van der Waals surface area contributed by atoms with E-state index in [4.69, 9.17) is 4.74 Å². The zero-order valence-corrected chi connectivity index (χ0v) is 19.0. The van der Waals surface area contributed by atoms with Crippen LogP contribution in [-0.4, -0.2) is 49.0 Å². The fourth-order valence-electron chi connectivity index (χ4n) is 2.46. The van der Waals surface area contributed by atoms with Crippen LogP contribution in [0.25, 0.3) is 11.0 Å². The highest BCUT2D eigenvalue weighted by atomic mass is 79.9. The first-order chi connectivity index (χ1) is 12.6. The first kappa shape index (κ1) is 21.3. The van der Waals surface area contributed by atoms with Crippen molar-refractivity contribution < 1.29 is 9.53 Å². The van der Waals surface area contributed by atoms with E-state index in [-0.39, 0.29) is 18.1 Å². The Bertz CT molecular complexity index is 907. The van der Waals surface area contributed by atoms with Crippen LogP contribution in [0.2, 0.25) is 25.7 Å². The van der Waals surface area contributed by atoms with Crippen LogP contribution in [0.3, 0.4) is 0 Å². The third kappa shape index (κ3) is 5.76. The number of rotatable bonds is 8. The molecule has 6 nitrogen and oxygen atoms in total. The van der Waals surface area contributed by atoms with E-state index in [2.05, 4.69) is 40.6 Å². The van der Waals surface area contributed by atoms with Crippen molar-refractivity contribution >= 4 is 40.8 Å². The number of benzene rings is 1. The number of hydrogen-bond acceptors (Lipinski definition) is 5. The summed E-state index contributed by atoms with van der Waals surface area (Å²) >= 11 is 3.43. The molecule has 8 heteroatoms. The molecular formula is C19H25BrN4O2Si. The van der Waals surface area contributed by atoms with Crippen LogP contribution in [0.1, 0.15) is 10.6 Å². The Kier molecular flexibility index (Phi) is 6.98. The summed E-state index contributed by atoms with van der Waals surface area (Å²) in [4.78, 5) is 19.1. The first-order valence-electron chi connectivity index (χ1n) is 8.69. The van der Waals surface area contributed by atoms with E-state index in [1.807, 2.05) is 24.3 Å². The fraction of sp³-hybridized carbons (Fsp3) is 0.421. The molecular weight excluding hydrogens is 424 g/mol. The summed E-state index contributed by atoms with van der Waals surface area (Å²) in [5, 5.41) is 9.38. The number of Topliss-reactive ketones (excluding diaryl/α,β-unsaturated/α-hetero) is 1. The zero-order chi connectivity index (χ0) is 20.2. The van der Waals surface area contributed by atoms with Gasteiger partial charge in [-0.1, -0.05) is 35.6 Å². The van der Waals surface area contributed by atoms with Crippen molar-refractivity contribution in [3.63, 3.8) is 0 Å². The minimum atomic E-state index is -1.20. The Morgan fingerprint density at radius 3 is 2.70 bits per heavy atom. The Balaban J connectivity index is 2.39. The molecule has 0 saturated carbocycles. The van der Waals surface area contributed by atoms with Gasteiger partial charge in [-0.15, -0.1) is 0 Å². The molecule has 0 aliphatic rings. The molecule has 0 saturated heterocycles. The van der Waals surface area contributed by atoms with E-state index in [0.29, 0.717) is 12.1 Å². The molecule has 1 aromatic heterocycles. The number of nitriles is 1. The van der Waals surface area contributed by atoms with Gasteiger partial charge < -0.3 is 9.64 Å². The number of aromatic nitrogens is 2. The SMILES string of the molecule is CN(C)C=C(C#N)C(=O)c1nc2cc(Br)ccc2n1COCC[Si](C)(C)C. The molecule has 1 aromatic carbocycles. The van der Waals surface area contributed by atoms with Gasteiger partial charge in [-0.25, -0.2) is 4.98 Å². The highest BCUT2D eigenvalue weighted by Gasteiger charge is 2.22. The number of ketones is 1. The van der Waals surface area contributed by atoms with Gasteiger partial charge in [0, 0.05) is 39.4 Å². The molecule has 0 radical (unpaired) electrons. The van der Waals surface area contributed by atoms with Crippen LogP contribution in [-0.2, 0) is 11.5 Å². The number of fused-ring (bicyclic) bond motifs is 1. The summed E-state index contributed by atoms with van der Waals surface area (Å²) in [5.74, 6) is -0.196. The quantitative estimate of drug-likeness (QED) is 0.198. The topological polar surface area (TPSA) is 71.2 Å². The molecule has 27 heavy (non-hydrogen) atoms. The Morgan fingerprint density at radius 2 is 2.11 bits per heavy atom. The number of ether oxygens (including phenoxy) is 1. The highest BCUT2D eigenvalue weighted by Crippen LogP contribution is 2.23. The van der Waals surface area contributed by atoms with Crippen molar-refractivity contribution in [1.29, 1.82) is 5.26 Å². The summed E-state index contributed by atoms with van der Waals surface area (Å²) in [6, 6.07) is 8.66. The van der Waals surface area contributed by atoms with Gasteiger partial charge in [0.15, 0.2) is 5.82 Å². The summed E-state index contributed by atoms with van der Waals surface area (Å²) in [7, 11) is 2.34. The lowest BCUT2D eigenvalue weighted by Gasteiger charge is -2.16. The van der Waals surface area contributed by atoms with Crippen molar-refractivity contribution in [3.8, 4) is 6.07 Å². The minimum absolute atomic E-state index is 0.0396. The third-order valence-electron chi connectivity index (χ3n) is 3.88. The molecule has 0 aliphatic heterocycles. The fourth-order valence-corrected chi connectivity index (χ4v) is 3.56. The van der Waals surface area contributed by atoms with E-state index in [1.54, 1.807) is 23.6 Å². The summed E-state index contributed by atoms with van der Waals surface area (Å²) in [5.41, 5.74) is 1.53. The second-order valence-corrected chi connectivity index (χ2v) is 14.3. The van der Waals surface area contributed by atoms with Crippen LogP contribution in [0.5, 0.6) is 0 Å². The van der Waals surface area contributed by atoms with E-state index in [9.17, 15) is 10.1 Å². The van der Waals surface area contributed by atoms with E-state index < -0.39 is 13.9 Å². The van der Waals surface area contributed by atoms with Crippen LogP contribution in [0, 0.1) is 11.3 Å². The maximum absolute atomic E-state index is 12.9. The van der Waals surface area contributed by atoms with Gasteiger partial charge in [-0.05, 0) is 24.2 Å². The number of hydrogen-bond donors (Lipinski definition) is 0. The molecule has 0 N–H and O–H groups in total. The molecule has 0 aliphatic carbocycles. The average molecular weight is 449 g/mol. The summed E-state index contributed by atoms with van der Waals surface area (Å²) < 4.78 is 8.48. The predicted octanol–water partition coefficient (Wildman–Crippen LogP) is 4.26. The predicted molar refractivity (Wildman–Crippen MR) is 113 cm³/mol. The molecule has 1 heterocycles. The normalized spacial score (nSPS) is 12.3. The second kappa shape index (κ2) is 8.82. The van der Waals surface area contributed by atoms with Gasteiger partial charge in [0.25, 0.3) is 0 Å². The van der Waals surface area contributed by atoms with Crippen LogP contribution >= 0.6 is 15.9 Å². The average Bonchev–Trinajstić information content (AvgIpc) is 2.92. The van der Waals surface area contributed by atoms with Crippen LogP contribution < -0.4 is 0 Å². The Morgan fingerprint density at radius 1 is 1.41 bits per heavy atom. The summed E-state index contributed by atoms with van der Waals surface area (Å²) in [6.45, 7) is 7.74. The van der Waals surface area contributed by atoms with Gasteiger partial charge in [0.2, 0.25) is 5.78 Å². The monoisotopic (exact) mass is 448 g/mol. The third-order valence-corrected chi connectivity index (χ3v) is 6.08. The van der Waals surface area contributed by atoms with Crippen molar-refractivity contribution in [3.05, 3.63) is 40.3 Å². The van der Waals surface area contributed by atoms with E-state index in [1.165, 1.54) is 6.20 Å². The number of imidazole rings is 1. The van der Waals surface area contributed by atoms with E-state index in [0.717, 1.165) is 16.0 Å². The first-order valence-corrected chi connectivity index (χ1v) is 13.2. The van der Waals surface area contributed by atoms with Gasteiger partial charge in [-0.3, -0.25) is 9.36 Å². The molecule has 2 aromatic rings. The van der Waals surface area contributed by atoms with Gasteiger partial charge in [0.1, 0.15) is 18.4 Å². The number of halogens is 1. The van der Waals surface area contributed by atoms with Crippen molar-refractivity contribution in [1.82, 2.24) is 14.5 Å². The largest absolute Gasteiger partial charge is 0.382 e. The smallest absolute Gasteiger partial charge is 0.240 e. The lowest BCUT2D eigenvalue weighted by Crippen LogP contribution is -2.22. The molecule has 0 fully saturated rings. The van der Waals surface area contributed by atoms with Gasteiger partial charge in [-0.2, -0.15) is 5.26 Å². The molecule has 2 rings (SSSR count). The minimum Gasteiger partial charge on any atom is -0.382 e. The van der Waals surface area contributed by atoms with Crippen molar-refractivity contribution in [2.24, 2.45) is 0 Å².